The third-order valence-corrected chi connectivity index (χ3v) is 2.99. The molecular formula is C15H12N2O3. The fourth-order valence-corrected chi connectivity index (χ4v) is 2.03. The summed E-state index contributed by atoms with van der Waals surface area (Å²) < 4.78 is 0. The Hall–Kier alpha value is -2.66. The first-order valence-electron chi connectivity index (χ1n) is 6.12. The van der Waals surface area contributed by atoms with Gasteiger partial charge in [-0.05, 0) is 18.2 Å². The zero-order valence-electron chi connectivity index (χ0n) is 10.5. The Kier molecular flexibility index (Phi) is 3.18. The van der Waals surface area contributed by atoms with Gasteiger partial charge in [-0.25, -0.2) is 19.7 Å². The van der Waals surface area contributed by atoms with Crippen molar-refractivity contribution in [2.24, 2.45) is 4.99 Å². The highest BCUT2D eigenvalue weighted by Crippen LogP contribution is 2.29. The van der Waals surface area contributed by atoms with Gasteiger partial charge in [0.05, 0.1) is 11.3 Å². The van der Waals surface area contributed by atoms with E-state index in [0.717, 1.165) is 5.69 Å². The lowest BCUT2D eigenvalue weighted by atomic mass is 10.1. The number of anilines is 1. The van der Waals surface area contributed by atoms with Gasteiger partial charge in [-0.15, -0.1) is 0 Å². The van der Waals surface area contributed by atoms with E-state index >= 15 is 0 Å². The van der Waals surface area contributed by atoms with Crippen LogP contribution in [0.5, 0.6) is 0 Å². The van der Waals surface area contributed by atoms with Crippen LogP contribution in [0.1, 0.15) is 22.1 Å². The maximum atomic E-state index is 11.2. The van der Waals surface area contributed by atoms with Gasteiger partial charge >= 0.3 is 5.97 Å². The summed E-state index contributed by atoms with van der Waals surface area (Å²) in [6.07, 6.45) is 0.918. The Bertz CT molecular complexity index is 655. The highest BCUT2D eigenvalue weighted by atomic mass is 16.7. The van der Waals surface area contributed by atoms with Crippen LogP contribution >= 0.6 is 0 Å². The van der Waals surface area contributed by atoms with Crippen molar-refractivity contribution in [1.82, 2.24) is 0 Å². The van der Waals surface area contributed by atoms with Crippen LogP contribution in [0.3, 0.4) is 0 Å². The van der Waals surface area contributed by atoms with Gasteiger partial charge < -0.3 is 5.11 Å². The molecule has 2 aromatic rings. The Morgan fingerprint density at radius 3 is 2.55 bits per heavy atom. The summed E-state index contributed by atoms with van der Waals surface area (Å²) in [5.41, 5.74) is 1.57. The van der Waals surface area contributed by atoms with E-state index in [1.54, 1.807) is 30.6 Å². The van der Waals surface area contributed by atoms with Crippen LogP contribution in [0.15, 0.2) is 59.6 Å². The summed E-state index contributed by atoms with van der Waals surface area (Å²) in [6, 6.07) is 16.2. The Balaban J connectivity index is 1.85. The normalized spacial score (nSPS) is 17.4. The minimum Gasteiger partial charge on any atom is -0.478 e. The molecular weight excluding hydrogens is 256 g/mol. The molecule has 2 aromatic carbocycles. The fraction of sp³-hybridized carbons (Fsp3) is 0.0667. The molecule has 1 aliphatic heterocycles. The third-order valence-electron chi connectivity index (χ3n) is 2.99. The number of rotatable bonds is 3. The van der Waals surface area contributed by atoms with Gasteiger partial charge in [0.25, 0.3) is 0 Å². The third kappa shape index (κ3) is 2.26. The predicted octanol–water partition coefficient (Wildman–Crippen LogP) is 2.86. The number of nitrogens with zero attached hydrogens (tertiary/aromatic N) is 2. The molecule has 0 aromatic heterocycles. The van der Waals surface area contributed by atoms with E-state index < -0.39 is 12.2 Å². The lowest BCUT2D eigenvalue weighted by molar-refractivity contribution is 0.0666. The van der Waals surface area contributed by atoms with E-state index in [9.17, 15) is 9.90 Å². The highest BCUT2D eigenvalue weighted by Gasteiger charge is 2.25. The van der Waals surface area contributed by atoms with E-state index in [1.165, 1.54) is 5.06 Å². The smallest absolute Gasteiger partial charge is 0.336 e. The van der Waals surface area contributed by atoms with Crippen molar-refractivity contribution in [2.45, 2.75) is 6.23 Å². The highest BCUT2D eigenvalue weighted by molar-refractivity contribution is 5.89. The summed E-state index contributed by atoms with van der Waals surface area (Å²) >= 11 is 0. The van der Waals surface area contributed by atoms with Gasteiger partial charge in [0.1, 0.15) is 6.34 Å². The molecule has 5 heteroatoms. The van der Waals surface area contributed by atoms with Crippen LogP contribution in [0, 0.1) is 0 Å². The minimum absolute atomic E-state index is 0.199. The molecule has 100 valence electrons. The number of hydrogen-bond donors (Lipinski definition) is 1. The Morgan fingerprint density at radius 1 is 1.10 bits per heavy atom. The van der Waals surface area contributed by atoms with Gasteiger partial charge in [-0.2, -0.15) is 0 Å². The second-order valence-corrected chi connectivity index (χ2v) is 4.28. The number of carboxylic acid groups (broad SMARTS) is 1. The number of hydrogen-bond acceptors (Lipinski definition) is 4. The van der Waals surface area contributed by atoms with Crippen molar-refractivity contribution in [3.05, 3.63) is 65.7 Å². The molecule has 1 unspecified atom stereocenters. The van der Waals surface area contributed by atoms with Crippen LogP contribution < -0.4 is 5.06 Å². The molecule has 0 aliphatic carbocycles. The molecule has 0 saturated heterocycles. The number of benzene rings is 2. The number of carboxylic acids is 1. The second kappa shape index (κ2) is 5.14. The van der Waals surface area contributed by atoms with E-state index in [4.69, 9.17) is 4.84 Å². The molecule has 0 saturated carbocycles. The molecule has 5 nitrogen and oxygen atoms in total. The predicted molar refractivity (Wildman–Crippen MR) is 74.6 cm³/mol. The molecule has 0 spiro atoms. The zero-order chi connectivity index (χ0) is 13.9. The van der Waals surface area contributed by atoms with Crippen molar-refractivity contribution in [3.8, 4) is 0 Å². The van der Waals surface area contributed by atoms with Crippen molar-refractivity contribution in [3.63, 3.8) is 0 Å². The van der Waals surface area contributed by atoms with E-state index in [2.05, 4.69) is 4.99 Å². The number of aliphatic imine (C=N–C) groups is 1. The minimum atomic E-state index is -0.988. The molecule has 20 heavy (non-hydrogen) atoms. The topological polar surface area (TPSA) is 62.1 Å². The van der Waals surface area contributed by atoms with Gasteiger partial charge in [0, 0.05) is 5.56 Å². The van der Waals surface area contributed by atoms with Crippen molar-refractivity contribution in [1.29, 1.82) is 0 Å². The van der Waals surface area contributed by atoms with Gasteiger partial charge in [-0.3, -0.25) is 0 Å². The monoisotopic (exact) mass is 268 g/mol. The first-order valence-corrected chi connectivity index (χ1v) is 6.12. The van der Waals surface area contributed by atoms with Crippen LogP contribution in [0.4, 0.5) is 5.69 Å². The molecule has 1 heterocycles. The summed E-state index contributed by atoms with van der Waals surface area (Å²) in [7, 11) is 0. The lowest BCUT2D eigenvalue weighted by Gasteiger charge is -2.17. The number of aromatic carboxylic acids is 1. The summed E-state index contributed by atoms with van der Waals surface area (Å²) in [6.45, 7) is 0. The maximum Gasteiger partial charge on any atom is 0.336 e. The standard InChI is InChI=1S/C15H12N2O3/c18-15(19)13-9-5-4-8-12(13)14-16-10-17(20-14)11-6-2-1-3-7-11/h1-10,14H,(H,18,19). The molecule has 0 radical (unpaired) electrons. The quantitative estimate of drug-likeness (QED) is 0.929. The Labute approximate surface area is 115 Å². The van der Waals surface area contributed by atoms with Gasteiger partial charge in [0.2, 0.25) is 6.23 Å². The number of para-hydroxylation sites is 1. The summed E-state index contributed by atoms with van der Waals surface area (Å²) in [5.74, 6) is -0.988. The zero-order valence-corrected chi connectivity index (χ0v) is 10.5. The van der Waals surface area contributed by atoms with Crippen molar-refractivity contribution >= 4 is 18.0 Å². The van der Waals surface area contributed by atoms with Gasteiger partial charge in [0.15, 0.2) is 0 Å². The first kappa shape index (κ1) is 12.4. The van der Waals surface area contributed by atoms with E-state index in [1.807, 2.05) is 30.3 Å². The van der Waals surface area contributed by atoms with Crippen LogP contribution in [0.2, 0.25) is 0 Å². The van der Waals surface area contributed by atoms with E-state index in [0.29, 0.717) is 5.56 Å². The van der Waals surface area contributed by atoms with Crippen LogP contribution in [-0.2, 0) is 4.84 Å². The molecule has 0 bridgehead atoms. The average Bonchev–Trinajstić information content (AvgIpc) is 2.98. The maximum absolute atomic E-state index is 11.2. The number of hydroxylamine groups is 1. The Morgan fingerprint density at radius 2 is 1.80 bits per heavy atom. The molecule has 1 N–H and O–H groups in total. The van der Waals surface area contributed by atoms with Crippen molar-refractivity contribution < 1.29 is 14.7 Å². The summed E-state index contributed by atoms with van der Waals surface area (Å²) in [5, 5.41) is 10.7. The molecule has 1 aliphatic rings. The largest absolute Gasteiger partial charge is 0.478 e. The fourth-order valence-electron chi connectivity index (χ4n) is 2.03. The number of carbonyl (C=O) groups is 1. The van der Waals surface area contributed by atoms with Crippen molar-refractivity contribution in [2.75, 3.05) is 5.06 Å². The first-order chi connectivity index (χ1) is 9.75. The molecule has 0 amide bonds. The van der Waals surface area contributed by atoms with E-state index in [-0.39, 0.29) is 5.56 Å². The molecule has 1 atom stereocenters. The lowest BCUT2D eigenvalue weighted by Crippen LogP contribution is -2.17. The average molecular weight is 268 g/mol. The summed E-state index contributed by atoms with van der Waals surface area (Å²) in [4.78, 5) is 21.1. The molecule has 0 fully saturated rings. The van der Waals surface area contributed by atoms with Gasteiger partial charge in [-0.1, -0.05) is 36.4 Å². The second-order valence-electron chi connectivity index (χ2n) is 4.28. The molecule has 3 rings (SSSR count). The van der Waals surface area contributed by atoms with Crippen LogP contribution in [-0.4, -0.2) is 17.4 Å². The SMILES string of the molecule is O=C(O)c1ccccc1C1N=CN(c2ccccc2)O1. The van der Waals surface area contributed by atoms with Crippen LogP contribution in [0.25, 0.3) is 0 Å².